The Hall–Kier alpha value is -1.56. The van der Waals surface area contributed by atoms with Crippen LogP contribution in [0.15, 0.2) is 0 Å². The van der Waals surface area contributed by atoms with Gasteiger partial charge in [0.25, 0.3) is 5.91 Å². The number of amides is 1. The van der Waals surface area contributed by atoms with Crippen LogP contribution in [0.2, 0.25) is 0 Å². The fourth-order valence-corrected chi connectivity index (χ4v) is 2.18. The zero-order valence-electron chi connectivity index (χ0n) is 13.3. The fraction of sp³-hybridized carbons (Fsp3) is 0.714. The average Bonchev–Trinajstić information content (AvgIpc) is 2.69. The highest BCUT2D eigenvalue weighted by molar-refractivity contribution is 5.98. The maximum atomic E-state index is 12.6. The second-order valence-corrected chi connectivity index (χ2v) is 5.21. The van der Waals surface area contributed by atoms with Crippen LogP contribution >= 0.6 is 0 Å². The molecule has 6 heteroatoms. The summed E-state index contributed by atoms with van der Waals surface area (Å²) in [6, 6.07) is 0. The van der Waals surface area contributed by atoms with Gasteiger partial charge in [0.2, 0.25) is 0 Å². The third kappa shape index (κ3) is 3.72. The molecule has 1 amide bonds. The molecule has 0 radical (unpaired) electrons. The highest BCUT2D eigenvalue weighted by Crippen LogP contribution is 2.18. The van der Waals surface area contributed by atoms with E-state index in [0.717, 1.165) is 25.2 Å². The Kier molecular flexibility index (Phi) is 6.01. The Balaban J connectivity index is 2.85. The molecule has 6 nitrogen and oxygen atoms in total. The summed E-state index contributed by atoms with van der Waals surface area (Å²) in [5, 5.41) is 4.31. The molecule has 1 aromatic rings. The van der Waals surface area contributed by atoms with Crippen molar-refractivity contribution in [1.29, 1.82) is 0 Å². The first kappa shape index (κ1) is 16.5. The lowest BCUT2D eigenvalue weighted by Crippen LogP contribution is -2.35. The van der Waals surface area contributed by atoms with Gasteiger partial charge in [-0.1, -0.05) is 0 Å². The smallest absolute Gasteiger partial charge is 0.274 e. The van der Waals surface area contributed by atoms with Crippen LogP contribution in [0.5, 0.6) is 0 Å². The van der Waals surface area contributed by atoms with Gasteiger partial charge in [0.05, 0.1) is 11.4 Å². The Labute approximate surface area is 121 Å². The van der Waals surface area contributed by atoms with E-state index < -0.39 is 0 Å². The fourth-order valence-electron chi connectivity index (χ4n) is 2.18. The van der Waals surface area contributed by atoms with Crippen molar-refractivity contribution >= 4 is 11.6 Å². The molecule has 0 saturated carbocycles. The summed E-state index contributed by atoms with van der Waals surface area (Å²) >= 11 is 0. The summed E-state index contributed by atoms with van der Waals surface area (Å²) in [4.78, 5) is 16.6. The molecule has 0 atom stereocenters. The first-order chi connectivity index (χ1) is 9.42. The number of hydrogen-bond donors (Lipinski definition) is 1. The quantitative estimate of drug-likeness (QED) is 0.815. The molecule has 0 bridgehead atoms. The zero-order chi connectivity index (χ0) is 15.3. The molecule has 0 aliphatic rings. The first-order valence-corrected chi connectivity index (χ1v) is 7.19. The van der Waals surface area contributed by atoms with Gasteiger partial charge in [-0.3, -0.25) is 9.48 Å². The lowest BCUT2D eigenvalue weighted by Gasteiger charge is -2.22. The molecule has 0 spiro atoms. The van der Waals surface area contributed by atoms with Gasteiger partial charge in [-0.05, 0) is 47.8 Å². The monoisotopic (exact) mass is 281 g/mol. The van der Waals surface area contributed by atoms with Gasteiger partial charge in [0, 0.05) is 19.6 Å². The highest BCUT2D eigenvalue weighted by atomic mass is 16.2. The van der Waals surface area contributed by atoms with Gasteiger partial charge in [-0.15, -0.1) is 0 Å². The predicted molar refractivity (Wildman–Crippen MR) is 81.8 cm³/mol. The van der Waals surface area contributed by atoms with Crippen LogP contribution in [0, 0.1) is 6.92 Å². The van der Waals surface area contributed by atoms with Crippen LogP contribution in [-0.4, -0.2) is 59.2 Å². The third-order valence-electron chi connectivity index (χ3n) is 3.38. The van der Waals surface area contributed by atoms with Crippen molar-refractivity contribution in [2.75, 3.05) is 39.5 Å². The number of nitrogens with two attached hydrogens (primary N) is 1. The third-order valence-corrected chi connectivity index (χ3v) is 3.38. The molecule has 1 aromatic heterocycles. The molecule has 1 heterocycles. The van der Waals surface area contributed by atoms with Crippen LogP contribution in [-0.2, 0) is 6.54 Å². The lowest BCUT2D eigenvalue weighted by molar-refractivity contribution is 0.0748. The first-order valence-electron chi connectivity index (χ1n) is 7.19. The molecule has 1 rings (SSSR count). The molecule has 0 unspecified atom stereocenters. The largest absolute Gasteiger partial charge is 0.395 e. The van der Waals surface area contributed by atoms with Crippen molar-refractivity contribution < 1.29 is 4.79 Å². The number of rotatable bonds is 7. The standard InChI is InChI=1S/C14H27N5O/c1-6-18(10-8-9-17(4)5)14(20)13-12(15)11(3)16-19(13)7-2/h6-10,15H2,1-5H3. The van der Waals surface area contributed by atoms with Crippen molar-refractivity contribution in [3.63, 3.8) is 0 Å². The lowest BCUT2D eigenvalue weighted by atomic mass is 10.2. The van der Waals surface area contributed by atoms with Gasteiger partial charge in [-0.2, -0.15) is 5.10 Å². The van der Waals surface area contributed by atoms with Crippen LogP contribution in [0.1, 0.15) is 36.5 Å². The van der Waals surface area contributed by atoms with Crippen molar-refractivity contribution in [3.8, 4) is 0 Å². The maximum absolute atomic E-state index is 12.6. The predicted octanol–water partition coefficient (Wildman–Crippen LogP) is 1.21. The Morgan fingerprint density at radius 3 is 2.45 bits per heavy atom. The second-order valence-electron chi connectivity index (χ2n) is 5.21. The molecule has 114 valence electrons. The van der Waals surface area contributed by atoms with E-state index in [2.05, 4.69) is 10.00 Å². The topological polar surface area (TPSA) is 67.4 Å². The van der Waals surface area contributed by atoms with Crippen LogP contribution in [0.3, 0.4) is 0 Å². The number of nitrogens with zero attached hydrogens (tertiary/aromatic N) is 4. The normalized spacial score (nSPS) is 11.1. The minimum Gasteiger partial charge on any atom is -0.395 e. The molecule has 0 aliphatic heterocycles. The number of anilines is 1. The number of hydrogen-bond acceptors (Lipinski definition) is 4. The average molecular weight is 281 g/mol. The maximum Gasteiger partial charge on any atom is 0.274 e. The minimum atomic E-state index is -0.0220. The van der Waals surface area contributed by atoms with Gasteiger partial charge in [0.15, 0.2) is 0 Å². The SMILES string of the molecule is CCN(CCCN(C)C)C(=O)c1c(N)c(C)nn1CC. The van der Waals surface area contributed by atoms with E-state index in [1.807, 2.05) is 39.8 Å². The van der Waals surface area contributed by atoms with E-state index in [9.17, 15) is 4.79 Å². The summed E-state index contributed by atoms with van der Waals surface area (Å²) in [6.07, 6.45) is 0.950. The van der Waals surface area contributed by atoms with E-state index in [1.54, 1.807) is 4.68 Å². The van der Waals surface area contributed by atoms with Crippen molar-refractivity contribution in [2.45, 2.75) is 33.7 Å². The molecular formula is C14H27N5O. The molecule has 0 saturated heterocycles. The Morgan fingerprint density at radius 2 is 1.95 bits per heavy atom. The van der Waals surface area contributed by atoms with Crippen molar-refractivity contribution in [2.24, 2.45) is 0 Å². The van der Waals surface area contributed by atoms with Gasteiger partial charge in [-0.25, -0.2) is 0 Å². The van der Waals surface area contributed by atoms with Crippen molar-refractivity contribution in [1.82, 2.24) is 19.6 Å². The van der Waals surface area contributed by atoms with E-state index in [0.29, 0.717) is 24.5 Å². The van der Waals surface area contributed by atoms with E-state index >= 15 is 0 Å². The summed E-state index contributed by atoms with van der Waals surface area (Å²) in [6.45, 7) is 8.81. The highest BCUT2D eigenvalue weighted by Gasteiger charge is 2.23. The molecule has 0 fully saturated rings. The van der Waals surface area contributed by atoms with E-state index in [1.165, 1.54) is 0 Å². The van der Waals surface area contributed by atoms with Gasteiger partial charge in [0.1, 0.15) is 5.69 Å². The number of carbonyl (C=O) groups excluding carboxylic acids is 1. The molecular weight excluding hydrogens is 254 g/mol. The van der Waals surface area contributed by atoms with Gasteiger partial charge < -0.3 is 15.5 Å². The number of aromatic nitrogens is 2. The summed E-state index contributed by atoms with van der Waals surface area (Å²) in [7, 11) is 4.07. The van der Waals surface area contributed by atoms with Gasteiger partial charge >= 0.3 is 0 Å². The zero-order valence-corrected chi connectivity index (χ0v) is 13.3. The molecule has 20 heavy (non-hydrogen) atoms. The summed E-state index contributed by atoms with van der Waals surface area (Å²) < 4.78 is 1.70. The van der Waals surface area contributed by atoms with E-state index in [-0.39, 0.29) is 5.91 Å². The van der Waals surface area contributed by atoms with Crippen LogP contribution < -0.4 is 5.73 Å². The number of nitrogen functional groups attached to an aromatic ring is 1. The summed E-state index contributed by atoms with van der Waals surface area (Å²) in [5.41, 5.74) is 7.76. The second kappa shape index (κ2) is 7.28. The van der Waals surface area contributed by atoms with Crippen LogP contribution in [0.4, 0.5) is 5.69 Å². The minimum absolute atomic E-state index is 0.0220. The number of aryl methyl sites for hydroxylation is 2. The van der Waals surface area contributed by atoms with E-state index in [4.69, 9.17) is 5.73 Å². The molecule has 0 aliphatic carbocycles. The summed E-state index contributed by atoms with van der Waals surface area (Å²) in [5.74, 6) is -0.0220. The molecule has 0 aromatic carbocycles. The van der Waals surface area contributed by atoms with Crippen LogP contribution in [0.25, 0.3) is 0 Å². The van der Waals surface area contributed by atoms with Crippen molar-refractivity contribution in [3.05, 3.63) is 11.4 Å². The molecule has 2 N–H and O–H groups in total. The number of carbonyl (C=O) groups is 1. The Morgan fingerprint density at radius 1 is 1.30 bits per heavy atom. The Bertz CT molecular complexity index is 453.